The first-order chi connectivity index (χ1) is 11.6. The second kappa shape index (κ2) is 9.16. The zero-order chi connectivity index (χ0) is 17.4. The summed E-state index contributed by atoms with van der Waals surface area (Å²) in [6.45, 7) is 1.34. The molecule has 0 saturated heterocycles. The first-order valence-electron chi connectivity index (χ1n) is 7.41. The van der Waals surface area contributed by atoms with Crippen LogP contribution in [0.3, 0.4) is 0 Å². The van der Waals surface area contributed by atoms with E-state index in [4.69, 9.17) is 11.1 Å². The average Bonchev–Trinajstić information content (AvgIpc) is 2.58. The molecule has 0 amide bonds. The number of aromatic nitrogens is 1. The highest BCUT2D eigenvalue weighted by Gasteiger charge is 2.13. The molecule has 0 spiro atoms. The van der Waals surface area contributed by atoms with Crippen LogP contribution in [-0.4, -0.2) is 40.4 Å². The van der Waals surface area contributed by atoms with E-state index in [1.54, 1.807) is 24.4 Å². The Morgan fingerprint density at radius 2 is 2.00 bits per heavy atom. The normalized spacial score (nSPS) is 10.2. The van der Waals surface area contributed by atoms with Crippen LogP contribution in [0.15, 0.2) is 42.6 Å². The van der Waals surface area contributed by atoms with Gasteiger partial charge in [0.15, 0.2) is 5.17 Å². The number of nitrogens with two attached hydrogens (primary N) is 1. The molecule has 0 unspecified atom stereocenters. The predicted octanol–water partition coefficient (Wildman–Crippen LogP) is 0.412. The Hall–Kier alpha value is -2.23. The van der Waals surface area contributed by atoms with Gasteiger partial charge in [-0.25, -0.2) is 4.98 Å². The van der Waals surface area contributed by atoms with Crippen molar-refractivity contribution in [3.05, 3.63) is 48.2 Å². The van der Waals surface area contributed by atoms with Crippen molar-refractivity contribution in [1.29, 1.82) is 5.41 Å². The lowest BCUT2D eigenvalue weighted by atomic mass is 9.79. The van der Waals surface area contributed by atoms with Gasteiger partial charge in [0.1, 0.15) is 5.82 Å². The molecule has 0 aliphatic heterocycles. The molecule has 0 fully saturated rings. The van der Waals surface area contributed by atoms with Crippen molar-refractivity contribution >= 4 is 41.0 Å². The Bertz CT molecular complexity index is 672. The highest BCUT2D eigenvalue weighted by Crippen LogP contribution is 2.20. The first kappa shape index (κ1) is 18.1. The summed E-state index contributed by atoms with van der Waals surface area (Å²) in [4.78, 5) is 4.19. The summed E-state index contributed by atoms with van der Waals surface area (Å²) in [5.74, 6) is 1.29. The molecule has 7 N–H and O–H groups in total. The molecule has 24 heavy (non-hydrogen) atoms. The van der Waals surface area contributed by atoms with Crippen molar-refractivity contribution in [2.45, 2.75) is 5.75 Å². The van der Waals surface area contributed by atoms with Gasteiger partial charge < -0.3 is 26.4 Å². The minimum absolute atomic E-state index is 0.0210. The van der Waals surface area contributed by atoms with Gasteiger partial charge in [-0.05, 0) is 29.2 Å². The molecule has 0 aliphatic rings. The van der Waals surface area contributed by atoms with Gasteiger partial charge >= 0.3 is 7.12 Å². The van der Waals surface area contributed by atoms with E-state index < -0.39 is 7.12 Å². The number of anilines is 2. The Labute approximate surface area is 145 Å². The maximum Gasteiger partial charge on any atom is 0.488 e. The third kappa shape index (κ3) is 5.76. The van der Waals surface area contributed by atoms with Crippen molar-refractivity contribution in [3.8, 4) is 0 Å². The van der Waals surface area contributed by atoms with E-state index in [1.807, 2.05) is 18.2 Å². The molecular weight excluding hydrogens is 325 g/mol. The molecule has 126 valence electrons. The third-order valence-electron chi connectivity index (χ3n) is 3.22. The fourth-order valence-electron chi connectivity index (χ4n) is 2.08. The molecule has 0 radical (unpaired) electrons. The molecule has 0 aliphatic carbocycles. The van der Waals surface area contributed by atoms with Crippen LogP contribution in [0.25, 0.3) is 0 Å². The highest BCUT2D eigenvalue weighted by atomic mass is 32.2. The monoisotopic (exact) mass is 345 g/mol. The summed E-state index contributed by atoms with van der Waals surface area (Å²) in [5, 5.41) is 32.4. The third-order valence-corrected chi connectivity index (χ3v) is 3.99. The SMILES string of the molecule is N=C(N)SCc1cc(B(O)O)ccc1NCCNc1ccccn1. The van der Waals surface area contributed by atoms with E-state index in [2.05, 4.69) is 15.6 Å². The zero-order valence-electron chi connectivity index (χ0n) is 13.1. The van der Waals surface area contributed by atoms with E-state index in [0.29, 0.717) is 24.3 Å². The van der Waals surface area contributed by atoms with Gasteiger partial charge in [0.05, 0.1) is 0 Å². The number of nitrogens with zero attached hydrogens (tertiary/aromatic N) is 1. The van der Waals surface area contributed by atoms with Gasteiger partial charge in [-0.15, -0.1) is 0 Å². The van der Waals surface area contributed by atoms with E-state index in [0.717, 1.165) is 17.1 Å². The Morgan fingerprint density at radius 3 is 2.67 bits per heavy atom. The maximum absolute atomic E-state index is 9.30. The topological polar surface area (TPSA) is 127 Å². The van der Waals surface area contributed by atoms with Crippen molar-refractivity contribution in [1.82, 2.24) is 4.98 Å². The van der Waals surface area contributed by atoms with Crippen LogP contribution in [-0.2, 0) is 5.75 Å². The smallest absolute Gasteiger partial charge is 0.423 e. The van der Waals surface area contributed by atoms with Crippen molar-refractivity contribution in [2.75, 3.05) is 23.7 Å². The van der Waals surface area contributed by atoms with E-state index >= 15 is 0 Å². The minimum atomic E-state index is -1.52. The lowest BCUT2D eigenvalue weighted by Crippen LogP contribution is -2.30. The molecule has 2 rings (SSSR count). The summed E-state index contributed by atoms with van der Waals surface area (Å²) >= 11 is 1.19. The molecule has 9 heteroatoms. The van der Waals surface area contributed by atoms with Crippen LogP contribution >= 0.6 is 11.8 Å². The molecular formula is C15H20BN5O2S. The van der Waals surface area contributed by atoms with Crippen LogP contribution in [0.4, 0.5) is 11.5 Å². The number of nitrogens with one attached hydrogen (secondary N) is 3. The van der Waals surface area contributed by atoms with Crippen molar-refractivity contribution in [3.63, 3.8) is 0 Å². The Balaban J connectivity index is 1.95. The van der Waals surface area contributed by atoms with Gasteiger partial charge in [-0.2, -0.15) is 0 Å². The summed E-state index contributed by atoms with van der Waals surface area (Å²) in [5.41, 5.74) is 7.52. The van der Waals surface area contributed by atoms with Crippen LogP contribution in [0.2, 0.25) is 0 Å². The summed E-state index contributed by atoms with van der Waals surface area (Å²) in [7, 11) is -1.52. The lowest BCUT2D eigenvalue weighted by molar-refractivity contribution is 0.426. The van der Waals surface area contributed by atoms with Crippen molar-refractivity contribution < 1.29 is 10.0 Å². The summed E-state index contributed by atoms with van der Waals surface area (Å²) in [6.07, 6.45) is 1.73. The van der Waals surface area contributed by atoms with Crippen LogP contribution in [0.1, 0.15) is 5.56 Å². The number of rotatable bonds is 8. The fraction of sp³-hybridized carbons (Fsp3) is 0.200. The molecule has 0 bridgehead atoms. The standard InChI is InChI=1S/C15H20BN5O2S/c17-15(18)24-10-11-9-12(16(22)23)4-5-13(11)19-7-8-21-14-3-1-2-6-20-14/h1-6,9,19,22-23H,7-8,10H2,(H3,17,18)(H,20,21). The van der Waals surface area contributed by atoms with Crippen molar-refractivity contribution in [2.24, 2.45) is 5.73 Å². The van der Waals surface area contributed by atoms with Gasteiger partial charge in [-0.1, -0.05) is 30.0 Å². The van der Waals surface area contributed by atoms with Gasteiger partial charge in [0.25, 0.3) is 0 Å². The first-order valence-corrected chi connectivity index (χ1v) is 8.39. The minimum Gasteiger partial charge on any atom is -0.423 e. The van der Waals surface area contributed by atoms with E-state index in [9.17, 15) is 10.0 Å². The van der Waals surface area contributed by atoms with Crippen LogP contribution < -0.4 is 21.8 Å². The number of hydrogen-bond donors (Lipinski definition) is 6. The molecule has 1 aromatic heterocycles. The Kier molecular flexibility index (Phi) is 6.92. The molecule has 1 heterocycles. The number of amidine groups is 1. The van der Waals surface area contributed by atoms with Crippen LogP contribution in [0, 0.1) is 5.41 Å². The van der Waals surface area contributed by atoms with Gasteiger partial charge in [0, 0.05) is 30.7 Å². The molecule has 1 aromatic carbocycles. The quantitative estimate of drug-likeness (QED) is 0.177. The fourth-order valence-corrected chi connectivity index (χ4v) is 2.63. The second-order valence-corrected chi connectivity index (χ2v) is 6.03. The zero-order valence-corrected chi connectivity index (χ0v) is 13.9. The largest absolute Gasteiger partial charge is 0.488 e. The predicted molar refractivity (Wildman–Crippen MR) is 101 cm³/mol. The number of hydrogen-bond acceptors (Lipinski definition) is 7. The molecule has 2 aromatic rings. The van der Waals surface area contributed by atoms with Gasteiger partial charge in [-0.3, -0.25) is 5.41 Å². The molecule has 0 atom stereocenters. The second-order valence-electron chi connectivity index (χ2n) is 5.01. The van der Waals surface area contributed by atoms with E-state index in [-0.39, 0.29) is 5.17 Å². The summed E-state index contributed by atoms with van der Waals surface area (Å²) in [6, 6.07) is 10.8. The maximum atomic E-state index is 9.30. The van der Waals surface area contributed by atoms with Gasteiger partial charge in [0.2, 0.25) is 0 Å². The molecule has 7 nitrogen and oxygen atoms in total. The lowest BCUT2D eigenvalue weighted by Gasteiger charge is -2.14. The van der Waals surface area contributed by atoms with Crippen LogP contribution in [0.5, 0.6) is 0 Å². The Morgan fingerprint density at radius 1 is 1.21 bits per heavy atom. The highest BCUT2D eigenvalue weighted by molar-refractivity contribution is 8.13. The number of benzene rings is 1. The summed E-state index contributed by atoms with van der Waals surface area (Å²) < 4.78 is 0. The van der Waals surface area contributed by atoms with E-state index in [1.165, 1.54) is 11.8 Å². The molecule has 0 saturated carbocycles. The average molecular weight is 345 g/mol. The number of pyridine rings is 1. The number of thioether (sulfide) groups is 1.